The molecule has 0 aromatic heterocycles. The number of rotatable bonds is 8. The lowest BCUT2D eigenvalue weighted by atomic mass is 10.1. The summed E-state index contributed by atoms with van der Waals surface area (Å²) in [6.45, 7) is 5.92. The molecular formula is C15H23ClN2O2. The lowest BCUT2D eigenvalue weighted by Gasteiger charge is -2.21. The van der Waals surface area contributed by atoms with Crippen LogP contribution in [0.1, 0.15) is 31.9 Å². The summed E-state index contributed by atoms with van der Waals surface area (Å²) in [5.74, 6) is -0.0304. The molecule has 1 atom stereocenters. The van der Waals surface area contributed by atoms with Crippen LogP contribution in [0.5, 0.6) is 0 Å². The Morgan fingerprint density at radius 3 is 2.75 bits per heavy atom. The van der Waals surface area contributed by atoms with Gasteiger partial charge in [-0.3, -0.25) is 9.69 Å². The van der Waals surface area contributed by atoms with E-state index in [9.17, 15) is 4.79 Å². The molecule has 1 amide bonds. The van der Waals surface area contributed by atoms with Gasteiger partial charge in [0.15, 0.2) is 0 Å². The standard InChI is InChI=1S/C15H23ClN2O2/c1-3-18(9-6-10-19)11-15(20)17-12(2)13-7-4-5-8-14(13)16/h4-5,7-8,12,19H,3,6,9-11H2,1-2H3,(H,17,20). The molecule has 0 radical (unpaired) electrons. The Kier molecular flexibility index (Phi) is 7.59. The molecular weight excluding hydrogens is 276 g/mol. The first kappa shape index (κ1) is 17.0. The largest absolute Gasteiger partial charge is 0.396 e. The number of halogens is 1. The van der Waals surface area contributed by atoms with Crippen LogP contribution in [0.25, 0.3) is 0 Å². The summed E-state index contributed by atoms with van der Waals surface area (Å²) in [5, 5.41) is 12.4. The zero-order valence-electron chi connectivity index (χ0n) is 12.1. The highest BCUT2D eigenvalue weighted by molar-refractivity contribution is 6.31. The van der Waals surface area contributed by atoms with Crippen LogP contribution in [0.15, 0.2) is 24.3 Å². The van der Waals surface area contributed by atoms with Gasteiger partial charge in [0, 0.05) is 18.2 Å². The molecule has 0 saturated heterocycles. The van der Waals surface area contributed by atoms with Crippen molar-refractivity contribution in [2.24, 2.45) is 0 Å². The number of aliphatic hydroxyl groups excluding tert-OH is 1. The van der Waals surface area contributed by atoms with E-state index in [1.807, 2.05) is 43.0 Å². The molecule has 0 spiro atoms. The van der Waals surface area contributed by atoms with Gasteiger partial charge in [0.2, 0.25) is 5.91 Å². The number of benzene rings is 1. The van der Waals surface area contributed by atoms with Gasteiger partial charge in [0.05, 0.1) is 12.6 Å². The van der Waals surface area contributed by atoms with Crippen molar-refractivity contribution in [1.82, 2.24) is 10.2 Å². The van der Waals surface area contributed by atoms with E-state index in [1.165, 1.54) is 0 Å². The number of carbonyl (C=O) groups excluding carboxylic acids is 1. The second kappa shape index (κ2) is 8.95. The quantitative estimate of drug-likeness (QED) is 0.774. The van der Waals surface area contributed by atoms with E-state index in [0.717, 1.165) is 18.7 Å². The minimum atomic E-state index is -0.118. The van der Waals surface area contributed by atoms with E-state index < -0.39 is 0 Å². The molecule has 20 heavy (non-hydrogen) atoms. The van der Waals surface area contributed by atoms with Gasteiger partial charge in [0.1, 0.15) is 0 Å². The van der Waals surface area contributed by atoms with Crippen molar-refractivity contribution in [3.8, 4) is 0 Å². The number of nitrogens with zero attached hydrogens (tertiary/aromatic N) is 1. The van der Waals surface area contributed by atoms with Gasteiger partial charge in [-0.05, 0) is 31.5 Å². The molecule has 5 heteroatoms. The Hall–Kier alpha value is -1.10. The van der Waals surface area contributed by atoms with Crippen LogP contribution >= 0.6 is 11.6 Å². The number of aliphatic hydroxyl groups is 1. The zero-order valence-corrected chi connectivity index (χ0v) is 12.9. The predicted octanol–water partition coefficient (Wildman–Crippen LogP) is 2.22. The highest BCUT2D eigenvalue weighted by atomic mass is 35.5. The van der Waals surface area contributed by atoms with Gasteiger partial charge in [-0.15, -0.1) is 0 Å². The average Bonchev–Trinajstić information content (AvgIpc) is 2.43. The average molecular weight is 299 g/mol. The summed E-state index contributed by atoms with van der Waals surface area (Å²) in [6, 6.07) is 7.39. The summed E-state index contributed by atoms with van der Waals surface area (Å²) in [5.41, 5.74) is 0.918. The highest BCUT2D eigenvalue weighted by Gasteiger charge is 2.14. The fourth-order valence-electron chi connectivity index (χ4n) is 2.04. The zero-order chi connectivity index (χ0) is 15.0. The topological polar surface area (TPSA) is 52.6 Å². The van der Waals surface area contributed by atoms with Crippen LogP contribution in [-0.4, -0.2) is 42.2 Å². The van der Waals surface area contributed by atoms with Gasteiger partial charge < -0.3 is 10.4 Å². The normalized spacial score (nSPS) is 12.4. The van der Waals surface area contributed by atoms with E-state index >= 15 is 0 Å². The van der Waals surface area contributed by atoms with Crippen molar-refractivity contribution in [3.63, 3.8) is 0 Å². The van der Waals surface area contributed by atoms with Crippen LogP contribution in [-0.2, 0) is 4.79 Å². The third-order valence-electron chi connectivity index (χ3n) is 3.20. The van der Waals surface area contributed by atoms with Gasteiger partial charge >= 0.3 is 0 Å². The fraction of sp³-hybridized carbons (Fsp3) is 0.533. The van der Waals surface area contributed by atoms with E-state index in [1.54, 1.807) is 0 Å². The number of hydrogen-bond acceptors (Lipinski definition) is 3. The monoisotopic (exact) mass is 298 g/mol. The van der Waals surface area contributed by atoms with Crippen molar-refractivity contribution in [1.29, 1.82) is 0 Å². The molecule has 112 valence electrons. The summed E-state index contributed by atoms with van der Waals surface area (Å²) >= 11 is 6.11. The van der Waals surface area contributed by atoms with Crippen LogP contribution < -0.4 is 5.32 Å². The SMILES string of the molecule is CCN(CCCO)CC(=O)NC(C)c1ccccc1Cl. The van der Waals surface area contributed by atoms with Crippen LogP contribution in [0.2, 0.25) is 5.02 Å². The summed E-state index contributed by atoms with van der Waals surface area (Å²) in [6.07, 6.45) is 0.682. The Morgan fingerprint density at radius 1 is 1.45 bits per heavy atom. The minimum Gasteiger partial charge on any atom is -0.396 e. The van der Waals surface area contributed by atoms with Gasteiger partial charge in [-0.2, -0.15) is 0 Å². The Morgan fingerprint density at radius 2 is 2.15 bits per heavy atom. The van der Waals surface area contributed by atoms with Gasteiger partial charge in [-0.25, -0.2) is 0 Å². The molecule has 1 aromatic carbocycles. The molecule has 0 aliphatic heterocycles. The first-order valence-corrected chi connectivity index (χ1v) is 7.33. The molecule has 0 aliphatic rings. The first-order valence-electron chi connectivity index (χ1n) is 6.95. The third-order valence-corrected chi connectivity index (χ3v) is 3.54. The molecule has 0 aliphatic carbocycles. The lowest BCUT2D eigenvalue weighted by molar-refractivity contribution is -0.122. The summed E-state index contributed by atoms with van der Waals surface area (Å²) in [7, 11) is 0. The lowest BCUT2D eigenvalue weighted by Crippen LogP contribution is -2.38. The number of likely N-dealkylation sites (N-methyl/N-ethyl adjacent to an activating group) is 1. The minimum absolute atomic E-state index is 0.0304. The van der Waals surface area contributed by atoms with E-state index in [0.29, 0.717) is 18.0 Å². The molecule has 1 aromatic rings. The molecule has 0 bridgehead atoms. The van der Waals surface area contributed by atoms with E-state index in [4.69, 9.17) is 16.7 Å². The Bertz CT molecular complexity index is 426. The maximum absolute atomic E-state index is 12.0. The van der Waals surface area contributed by atoms with E-state index in [-0.39, 0.29) is 18.6 Å². The second-order valence-corrected chi connectivity index (χ2v) is 5.16. The second-order valence-electron chi connectivity index (χ2n) is 4.76. The maximum atomic E-state index is 12.0. The molecule has 0 heterocycles. The number of hydrogen-bond donors (Lipinski definition) is 2. The van der Waals surface area contributed by atoms with Crippen molar-refractivity contribution in [2.75, 3.05) is 26.2 Å². The van der Waals surface area contributed by atoms with Crippen LogP contribution in [0.4, 0.5) is 0 Å². The molecule has 1 unspecified atom stereocenters. The molecule has 1 rings (SSSR count). The predicted molar refractivity (Wildman–Crippen MR) is 81.8 cm³/mol. The van der Waals surface area contributed by atoms with Crippen LogP contribution in [0.3, 0.4) is 0 Å². The Labute approximate surface area is 125 Å². The van der Waals surface area contributed by atoms with Gasteiger partial charge in [-0.1, -0.05) is 36.7 Å². The Balaban J connectivity index is 2.51. The molecule has 2 N–H and O–H groups in total. The van der Waals surface area contributed by atoms with E-state index in [2.05, 4.69) is 5.32 Å². The van der Waals surface area contributed by atoms with Crippen LogP contribution in [0, 0.1) is 0 Å². The highest BCUT2D eigenvalue weighted by Crippen LogP contribution is 2.21. The van der Waals surface area contributed by atoms with Crippen molar-refractivity contribution < 1.29 is 9.90 Å². The smallest absolute Gasteiger partial charge is 0.234 e. The molecule has 0 fully saturated rings. The third kappa shape index (κ3) is 5.49. The summed E-state index contributed by atoms with van der Waals surface area (Å²) in [4.78, 5) is 14.0. The van der Waals surface area contributed by atoms with Crippen molar-refractivity contribution in [2.45, 2.75) is 26.3 Å². The number of nitrogens with one attached hydrogen (secondary N) is 1. The number of carbonyl (C=O) groups is 1. The van der Waals surface area contributed by atoms with Gasteiger partial charge in [0.25, 0.3) is 0 Å². The number of amides is 1. The first-order chi connectivity index (χ1) is 9.58. The molecule has 4 nitrogen and oxygen atoms in total. The fourth-order valence-corrected chi connectivity index (χ4v) is 2.34. The van der Waals surface area contributed by atoms with Crippen molar-refractivity contribution in [3.05, 3.63) is 34.9 Å². The summed E-state index contributed by atoms with van der Waals surface area (Å²) < 4.78 is 0. The molecule has 0 saturated carbocycles. The van der Waals surface area contributed by atoms with Crippen molar-refractivity contribution >= 4 is 17.5 Å². The maximum Gasteiger partial charge on any atom is 0.234 e.